The van der Waals surface area contributed by atoms with E-state index in [9.17, 15) is 4.79 Å². The molecule has 0 bridgehead atoms. The maximum Gasteiger partial charge on any atom is 0.358 e. The lowest BCUT2D eigenvalue weighted by molar-refractivity contribution is 0.0490. The molecule has 0 fully saturated rings. The van der Waals surface area contributed by atoms with E-state index in [4.69, 9.17) is 4.74 Å². The Morgan fingerprint density at radius 1 is 1.25 bits per heavy atom. The summed E-state index contributed by atoms with van der Waals surface area (Å²) in [7, 11) is 0. The minimum Gasteiger partial charge on any atom is -0.461 e. The highest BCUT2D eigenvalue weighted by molar-refractivity contribution is 5.86. The molecule has 0 aliphatic carbocycles. The number of hydrogen-bond donors (Lipinski definition) is 0. The highest BCUT2D eigenvalue weighted by Gasteiger charge is 2.07. The van der Waals surface area contributed by atoms with Gasteiger partial charge >= 0.3 is 5.97 Å². The maximum atomic E-state index is 11.4. The standard InChI is InChI=1S/C12H18N2O2/c1-2-3-4-5-6-9-16-12(15)11-10-13-7-8-14-11/h7-8,10H,2-6,9H2,1H3. The van der Waals surface area contributed by atoms with Gasteiger partial charge in [-0.1, -0.05) is 32.6 Å². The van der Waals surface area contributed by atoms with E-state index in [-0.39, 0.29) is 11.7 Å². The van der Waals surface area contributed by atoms with Gasteiger partial charge < -0.3 is 4.74 Å². The third-order valence-electron chi connectivity index (χ3n) is 2.25. The van der Waals surface area contributed by atoms with Crippen molar-refractivity contribution < 1.29 is 9.53 Å². The van der Waals surface area contributed by atoms with Gasteiger partial charge in [0.1, 0.15) is 0 Å². The van der Waals surface area contributed by atoms with Crippen LogP contribution in [0.4, 0.5) is 0 Å². The average molecular weight is 222 g/mol. The molecule has 0 aliphatic rings. The first-order chi connectivity index (χ1) is 7.84. The Labute approximate surface area is 96.1 Å². The Morgan fingerprint density at radius 3 is 2.75 bits per heavy atom. The molecule has 1 rings (SSSR count). The first kappa shape index (κ1) is 12.6. The Kier molecular flexibility index (Phi) is 6.15. The molecule has 0 spiro atoms. The second-order valence-corrected chi connectivity index (χ2v) is 3.64. The van der Waals surface area contributed by atoms with Crippen LogP contribution in [0.2, 0.25) is 0 Å². The molecular formula is C12H18N2O2. The molecule has 0 radical (unpaired) electrons. The predicted molar refractivity (Wildman–Crippen MR) is 61.1 cm³/mol. The molecule has 4 heteroatoms. The van der Waals surface area contributed by atoms with Crippen molar-refractivity contribution in [3.8, 4) is 0 Å². The van der Waals surface area contributed by atoms with Gasteiger partial charge in [-0.15, -0.1) is 0 Å². The number of carbonyl (C=O) groups is 1. The Balaban J connectivity index is 2.12. The second kappa shape index (κ2) is 7.79. The molecular weight excluding hydrogens is 204 g/mol. The van der Waals surface area contributed by atoms with Crippen LogP contribution in [0.5, 0.6) is 0 Å². The van der Waals surface area contributed by atoms with Crippen LogP contribution >= 0.6 is 0 Å². The molecule has 4 nitrogen and oxygen atoms in total. The fraction of sp³-hybridized carbons (Fsp3) is 0.583. The van der Waals surface area contributed by atoms with Gasteiger partial charge in [0.25, 0.3) is 0 Å². The van der Waals surface area contributed by atoms with Gasteiger partial charge in [-0.25, -0.2) is 9.78 Å². The number of aromatic nitrogens is 2. The lowest BCUT2D eigenvalue weighted by Crippen LogP contribution is -2.08. The number of rotatable bonds is 7. The third-order valence-corrected chi connectivity index (χ3v) is 2.25. The third kappa shape index (κ3) is 4.87. The van der Waals surface area contributed by atoms with Crippen LogP contribution in [0.3, 0.4) is 0 Å². The summed E-state index contributed by atoms with van der Waals surface area (Å²) >= 11 is 0. The molecule has 0 aliphatic heterocycles. The van der Waals surface area contributed by atoms with E-state index in [0.29, 0.717) is 6.61 Å². The van der Waals surface area contributed by atoms with E-state index in [0.717, 1.165) is 12.8 Å². The molecule has 0 amide bonds. The Morgan fingerprint density at radius 2 is 2.06 bits per heavy atom. The summed E-state index contributed by atoms with van der Waals surface area (Å²) < 4.78 is 5.07. The van der Waals surface area contributed by atoms with Crippen LogP contribution < -0.4 is 0 Å². The van der Waals surface area contributed by atoms with E-state index in [2.05, 4.69) is 16.9 Å². The van der Waals surface area contributed by atoms with Crippen LogP contribution in [0.25, 0.3) is 0 Å². The van der Waals surface area contributed by atoms with Crippen LogP contribution in [-0.2, 0) is 4.74 Å². The number of hydrogen-bond acceptors (Lipinski definition) is 4. The van der Waals surface area contributed by atoms with Gasteiger partial charge in [-0.05, 0) is 6.42 Å². The SMILES string of the molecule is CCCCCCCOC(=O)c1cnccn1. The molecule has 88 valence electrons. The molecule has 0 aromatic carbocycles. The van der Waals surface area contributed by atoms with E-state index >= 15 is 0 Å². The largest absolute Gasteiger partial charge is 0.461 e. The topological polar surface area (TPSA) is 52.1 Å². The summed E-state index contributed by atoms with van der Waals surface area (Å²) in [5, 5.41) is 0. The molecule has 1 aromatic heterocycles. The number of esters is 1. The highest BCUT2D eigenvalue weighted by atomic mass is 16.5. The summed E-state index contributed by atoms with van der Waals surface area (Å²) in [6.45, 7) is 2.65. The molecule has 0 atom stereocenters. The van der Waals surface area contributed by atoms with Crippen LogP contribution in [-0.4, -0.2) is 22.5 Å². The first-order valence-electron chi connectivity index (χ1n) is 5.77. The fourth-order valence-electron chi connectivity index (χ4n) is 1.35. The number of ether oxygens (including phenoxy) is 1. The molecule has 1 heterocycles. The predicted octanol–water partition coefficient (Wildman–Crippen LogP) is 2.60. The molecule has 0 saturated heterocycles. The van der Waals surface area contributed by atoms with Crippen molar-refractivity contribution in [2.24, 2.45) is 0 Å². The lowest BCUT2D eigenvalue weighted by Gasteiger charge is -2.03. The zero-order chi connectivity index (χ0) is 11.6. The molecule has 16 heavy (non-hydrogen) atoms. The van der Waals surface area contributed by atoms with Crippen molar-refractivity contribution in [3.63, 3.8) is 0 Å². The number of nitrogens with zero attached hydrogens (tertiary/aromatic N) is 2. The first-order valence-corrected chi connectivity index (χ1v) is 5.77. The minimum atomic E-state index is -0.386. The van der Waals surface area contributed by atoms with Crippen molar-refractivity contribution >= 4 is 5.97 Å². The molecule has 0 unspecified atom stereocenters. The van der Waals surface area contributed by atoms with Gasteiger partial charge in [0.2, 0.25) is 0 Å². The van der Waals surface area contributed by atoms with Crippen LogP contribution in [0, 0.1) is 0 Å². The summed E-state index contributed by atoms with van der Waals surface area (Å²) in [5.74, 6) is -0.386. The average Bonchev–Trinajstić information content (AvgIpc) is 2.34. The van der Waals surface area contributed by atoms with Gasteiger partial charge in [-0.2, -0.15) is 0 Å². The van der Waals surface area contributed by atoms with E-state index in [1.54, 1.807) is 0 Å². The molecule has 1 aromatic rings. The summed E-state index contributed by atoms with van der Waals surface area (Å²) in [4.78, 5) is 19.1. The number of unbranched alkanes of at least 4 members (excludes halogenated alkanes) is 4. The second-order valence-electron chi connectivity index (χ2n) is 3.64. The van der Waals surface area contributed by atoms with Gasteiger partial charge in [0.15, 0.2) is 5.69 Å². The van der Waals surface area contributed by atoms with Crippen LogP contribution in [0.1, 0.15) is 49.5 Å². The van der Waals surface area contributed by atoms with Crippen LogP contribution in [0.15, 0.2) is 18.6 Å². The van der Waals surface area contributed by atoms with Crippen molar-refractivity contribution in [2.45, 2.75) is 39.0 Å². The summed E-state index contributed by atoms with van der Waals surface area (Å²) in [5.41, 5.74) is 0.274. The minimum absolute atomic E-state index is 0.274. The van der Waals surface area contributed by atoms with Gasteiger partial charge in [0, 0.05) is 12.4 Å². The van der Waals surface area contributed by atoms with E-state index in [1.165, 1.54) is 37.9 Å². The van der Waals surface area contributed by atoms with Crippen molar-refractivity contribution in [1.29, 1.82) is 0 Å². The Hall–Kier alpha value is -1.45. The van der Waals surface area contributed by atoms with Gasteiger partial charge in [-0.3, -0.25) is 4.98 Å². The molecule has 0 saturated carbocycles. The van der Waals surface area contributed by atoms with E-state index in [1.807, 2.05) is 0 Å². The highest BCUT2D eigenvalue weighted by Crippen LogP contribution is 2.03. The number of carbonyl (C=O) groups excluding carboxylic acids is 1. The normalized spacial score (nSPS) is 10.1. The van der Waals surface area contributed by atoms with Crippen molar-refractivity contribution in [2.75, 3.05) is 6.61 Å². The van der Waals surface area contributed by atoms with Crippen molar-refractivity contribution in [3.05, 3.63) is 24.3 Å². The van der Waals surface area contributed by atoms with E-state index < -0.39 is 0 Å². The Bertz CT molecular complexity index is 301. The fourth-order valence-corrected chi connectivity index (χ4v) is 1.35. The quantitative estimate of drug-likeness (QED) is 0.525. The van der Waals surface area contributed by atoms with Gasteiger partial charge in [0.05, 0.1) is 12.8 Å². The summed E-state index contributed by atoms with van der Waals surface area (Å²) in [6, 6.07) is 0. The van der Waals surface area contributed by atoms with Crippen molar-refractivity contribution in [1.82, 2.24) is 9.97 Å². The molecule has 0 N–H and O–H groups in total. The zero-order valence-electron chi connectivity index (χ0n) is 9.69. The lowest BCUT2D eigenvalue weighted by atomic mass is 10.2. The monoisotopic (exact) mass is 222 g/mol. The zero-order valence-corrected chi connectivity index (χ0v) is 9.69. The smallest absolute Gasteiger partial charge is 0.358 e. The summed E-state index contributed by atoms with van der Waals surface area (Å²) in [6.07, 6.45) is 10.1. The maximum absolute atomic E-state index is 11.4.